The summed E-state index contributed by atoms with van der Waals surface area (Å²) in [7, 11) is -1.29. The Morgan fingerprint density at radius 3 is 2.37 bits per heavy atom. The van der Waals surface area contributed by atoms with Gasteiger partial charge in [0, 0.05) is 30.7 Å². The molecule has 0 fully saturated rings. The summed E-state index contributed by atoms with van der Waals surface area (Å²) in [6.45, 7) is 6.54. The Bertz CT molecular complexity index is 1610. The molecule has 1 atom stereocenters. The molecule has 0 radical (unpaired) electrons. The topological polar surface area (TPSA) is 70.4 Å². The van der Waals surface area contributed by atoms with E-state index in [-0.39, 0.29) is 17.8 Å². The number of hydrogen-bond acceptors (Lipinski definition) is 5. The van der Waals surface area contributed by atoms with E-state index in [9.17, 15) is 22.2 Å². The lowest BCUT2D eigenvalue weighted by molar-refractivity contribution is -0.137. The second kappa shape index (κ2) is 17.1. The van der Waals surface area contributed by atoms with E-state index in [0.717, 1.165) is 37.6 Å². The fourth-order valence-corrected chi connectivity index (χ4v) is 5.89. The average molecular weight is 653 g/mol. The first-order valence-electron chi connectivity index (χ1n) is 15.4. The van der Waals surface area contributed by atoms with Gasteiger partial charge in [0.2, 0.25) is 0 Å². The van der Waals surface area contributed by atoms with Crippen LogP contribution >= 0.6 is 0 Å². The van der Waals surface area contributed by atoms with Crippen LogP contribution in [0.1, 0.15) is 55.5 Å². The van der Waals surface area contributed by atoms with Crippen LogP contribution in [-0.4, -0.2) is 39.4 Å². The number of hydrogen-bond donors (Lipinski definition) is 0. The maximum Gasteiger partial charge on any atom is 0.416 e. The molecule has 4 aromatic rings. The Morgan fingerprint density at radius 1 is 0.935 bits per heavy atom. The average Bonchev–Trinajstić information content (AvgIpc) is 3.48. The van der Waals surface area contributed by atoms with Crippen molar-refractivity contribution in [2.45, 2.75) is 62.9 Å². The van der Waals surface area contributed by atoms with Gasteiger partial charge in [-0.2, -0.15) is 13.2 Å². The largest absolute Gasteiger partial charge is 0.491 e. The zero-order valence-corrected chi connectivity index (χ0v) is 26.9. The molecule has 46 heavy (non-hydrogen) atoms. The Hall–Kier alpha value is -4.02. The number of nitrogens with zero attached hydrogens (tertiary/aromatic N) is 2. The fraction of sp³-hybridized carbons (Fsp3) is 0.333. The molecule has 0 saturated carbocycles. The lowest BCUT2D eigenvalue weighted by Gasteiger charge is -2.13. The lowest BCUT2D eigenvalue weighted by Crippen LogP contribution is -2.08. The van der Waals surface area contributed by atoms with Gasteiger partial charge in [0.1, 0.15) is 12.4 Å². The highest BCUT2D eigenvalue weighted by atomic mass is 32.2. The van der Waals surface area contributed by atoms with Crippen molar-refractivity contribution in [1.82, 2.24) is 9.55 Å². The summed E-state index contributed by atoms with van der Waals surface area (Å²) in [5, 5.41) is 0. The summed E-state index contributed by atoms with van der Waals surface area (Å²) in [6.07, 6.45) is 4.25. The van der Waals surface area contributed by atoms with Crippen LogP contribution in [0.5, 0.6) is 5.75 Å². The third-order valence-corrected chi connectivity index (χ3v) is 8.59. The highest BCUT2D eigenvalue weighted by molar-refractivity contribution is 7.84. The zero-order valence-electron chi connectivity index (χ0n) is 26.1. The van der Waals surface area contributed by atoms with Crippen LogP contribution in [0, 0.1) is 0 Å². The Kier molecular flexibility index (Phi) is 12.9. The molecule has 1 unspecified atom stereocenters. The number of ether oxygens (including phenoxy) is 2. The van der Waals surface area contributed by atoms with Crippen molar-refractivity contribution in [3.63, 3.8) is 0 Å². The van der Waals surface area contributed by atoms with Crippen molar-refractivity contribution in [2.24, 2.45) is 0 Å². The standard InChI is InChI=1S/C36H39F3N2O4S/c1-3-5-19-44-20-21-45-33-13-9-28(10-14-33)29-11-17-35(36(37,38)39)30(23-29)8-12-32(42)22-27-6-15-34(16-7-27)46(43)25-31-24-40-26-41(31)18-4-2/h6-17,23-24,26H,3-5,18-22,25H2,1-2H3/b12-8+. The molecule has 1 heterocycles. The van der Waals surface area contributed by atoms with Crippen LogP contribution in [0.4, 0.5) is 13.2 Å². The monoisotopic (exact) mass is 652 g/mol. The second-order valence-corrected chi connectivity index (χ2v) is 12.3. The molecule has 0 aliphatic rings. The van der Waals surface area contributed by atoms with Gasteiger partial charge in [-0.05, 0) is 77.6 Å². The number of ketones is 1. The quantitative estimate of drug-likeness (QED) is 0.0848. The normalized spacial score (nSPS) is 12.5. The molecule has 0 aliphatic carbocycles. The summed E-state index contributed by atoms with van der Waals surface area (Å²) in [6, 6.07) is 17.8. The van der Waals surface area contributed by atoms with Crippen molar-refractivity contribution in [3.8, 4) is 16.9 Å². The van der Waals surface area contributed by atoms with Crippen LogP contribution in [0.25, 0.3) is 17.2 Å². The fourth-order valence-electron chi connectivity index (χ4n) is 4.78. The second-order valence-electron chi connectivity index (χ2n) is 10.8. The maximum atomic E-state index is 13.8. The summed E-state index contributed by atoms with van der Waals surface area (Å²) >= 11 is 0. The molecule has 3 aromatic carbocycles. The number of carbonyl (C=O) groups excluding carboxylic acids is 1. The number of aromatic nitrogens is 2. The Balaban J connectivity index is 1.39. The molecule has 244 valence electrons. The predicted octanol–water partition coefficient (Wildman–Crippen LogP) is 8.31. The van der Waals surface area contributed by atoms with Crippen molar-refractivity contribution >= 4 is 22.7 Å². The van der Waals surface area contributed by atoms with Gasteiger partial charge in [0.15, 0.2) is 5.78 Å². The van der Waals surface area contributed by atoms with Crippen LogP contribution in [-0.2, 0) is 45.2 Å². The Labute approximate surface area is 270 Å². The van der Waals surface area contributed by atoms with Gasteiger partial charge in [0.25, 0.3) is 0 Å². The van der Waals surface area contributed by atoms with Crippen molar-refractivity contribution in [3.05, 3.63) is 108 Å². The molecule has 10 heteroatoms. The van der Waals surface area contributed by atoms with Crippen molar-refractivity contribution in [1.29, 1.82) is 0 Å². The lowest BCUT2D eigenvalue weighted by atomic mass is 9.98. The van der Waals surface area contributed by atoms with Gasteiger partial charge < -0.3 is 14.0 Å². The molecule has 1 aromatic heterocycles. The summed E-state index contributed by atoms with van der Waals surface area (Å²) < 4.78 is 67.5. The third-order valence-electron chi connectivity index (χ3n) is 7.24. The first kappa shape index (κ1) is 34.8. The highest BCUT2D eigenvalue weighted by Crippen LogP contribution is 2.35. The number of benzene rings is 3. The van der Waals surface area contributed by atoms with Gasteiger partial charge >= 0.3 is 6.18 Å². The highest BCUT2D eigenvalue weighted by Gasteiger charge is 2.32. The number of rotatable bonds is 17. The summed E-state index contributed by atoms with van der Waals surface area (Å²) in [4.78, 5) is 17.5. The van der Waals surface area contributed by atoms with E-state index in [1.807, 2.05) is 4.57 Å². The molecule has 6 nitrogen and oxygen atoms in total. The molecular formula is C36H39F3N2O4S. The smallest absolute Gasteiger partial charge is 0.416 e. The van der Waals surface area contributed by atoms with Crippen molar-refractivity contribution < 1.29 is 31.6 Å². The van der Waals surface area contributed by atoms with E-state index < -0.39 is 22.5 Å². The van der Waals surface area contributed by atoms with E-state index in [4.69, 9.17) is 9.47 Å². The Morgan fingerprint density at radius 2 is 1.67 bits per heavy atom. The first-order valence-corrected chi connectivity index (χ1v) is 16.7. The minimum atomic E-state index is -4.59. The molecular weight excluding hydrogens is 613 g/mol. The number of imidazole rings is 1. The zero-order chi connectivity index (χ0) is 32.9. The minimum Gasteiger partial charge on any atom is -0.491 e. The first-order chi connectivity index (χ1) is 22.2. The molecule has 0 spiro atoms. The van der Waals surface area contributed by atoms with E-state index in [0.29, 0.717) is 52.9 Å². The number of unbranched alkanes of at least 4 members (excludes halogenated alkanes) is 1. The van der Waals surface area contributed by atoms with Gasteiger partial charge in [0.05, 0.1) is 40.7 Å². The van der Waals surface area contributed by atoms with Crippen LogP contribution in [0.3, 0.4) is 0 Å². The number of aryl methyl sites for hydroxylation is 1. The van der Waals surface area contributed by atoms with Crippen LogP contribution < -0.4 is 4.74 Å². The third kappa shape index (κ3) is 10.3. The summed E-state index contributed by atoms with van der Waals surface area (Å²) in [5.74, 6) is 0.615. The van der Waals surface area contributed by atoms with E-state index in [2.05, 4.69) is 18.8 Å². The number of halogens is 3. The molecule has 0 saturated heterocycles. The van der Waals surface area contributed by atoms with Gasteiger partial charge in [-0.15, -0.1) is 0 Å². The molecule has 0 bridgehead atoms. The van der Waals surface area contributed by atoms with Crippen LogP contribution in [0.15, 0.2) is 90.2 Å². The van der Waals surface area contributed by atoms with Crippen molar-refractivity contribution in [2.75, 3.05) is 19.8 Å². The number of allylic oxidation sites excluding steroid dienone is 1. The van der Waals surface area contributed by atoms with Crippen LogP contribution in [0.2, 0.25) is 0 Å². The van der Waals surface area contributed by atoms with E-state index in [1.54, 1.807) is 61.1 Å². The van der Waals surface area contributed by atoms with Gasteiger partial charge in [-0.3, -0.25) is 9.00 Å². The van der Waals surface area contributed by atoms with Gasteiger partial charge in [-0.1, -0.05) is 56.7 Å². The number of carbonyl (C=O) groups is 1. The SMILES string of the molecule is CCCCOCCOc1ccc(-c2ccc(C(F)(F)F)c(/C=C/C(=O)Cc3ccc(S(=O)Cc4cncn4CCC)cc3)c2)cc1. The number of alkyl halides is 3. The molecule has 0 amide bonds. The molecule has 0 aliphatic heterocycles. The summed E-state index contributed by atoms with van der Waals surface area (Å²) in [5.41, 5.74) is 1.93. The van der Waals surface area contributed by atoms with Gasteiger partial charge in [-0.25, -0.2) is 4.98 Å². The molecule has 4 rings (SSSR count). The predicted molar refractivity (Wildman–Crippen MR) is 175 cm³/mol. The van der Waals surface area contributed by atoms with E-state index in [1.165, 1.54) is 24.3 Å². The van der Waals surface area contributed by atoms with E-state index >= 15 is 0 Å². The molecule has 0 N–H and O–H groups in total. The minimum absolute atomic E-state index is 0.00116. The maximum absolute atomic E-state index is 13.8.